The number of hydrogen-bond donors (Lipinski definition) is 0. The lowest BCUT2D eigenvalue weighted by molar-refractivity contribution is -0.135. The van der Waals surface area contributed by atoms with Crippen molar-refractivity contribution in [2.24, 2.45) is 5.92 Å². The number of nitrogens with zero attached hydrogens (tertiary/aromatic N) is 2. The van der Waals surface area contributed by atoms with Gasteiger partial charge in [-0.3, -0.25) is 14.5 Å². The van der Waals surface area contributed by atoms with Crippen LogP contribution in [-0.4, -0.2) is 60.5 Å². The molecule has 0 aliphatic carbocycles. The summed E-state index contributed by atoms with van der Waals surface area (Å²) in [6.45, 7) is 3.43. The number of carbonyl (C=O) groups excluding carboxylic acids is 2. The van der Waals surface area contributed by atoms with E-state index in [1.807, 2.05) is 0 Å². The number of ether oxygens (including phenoxy) is 1. The first-order valence-electron chi connectivity index (χ1n) is 10.6. The second kappa shape index (κ2) is 9.63. The fourth-order valence-electron chi connectivity index (χ4n) is 4.69. The van der Waals surface area contributed by atoms with Crippen LogP contribution in [0.2, 0.25) is 5.02 Å². The number of hydrogen-bond acceptors (Lipinski definition) is 4. The van der Waals surface area contributed by atoms with Gasteiger partial charge < -0.3 is 9.64 Å². The van der Waals surface area contributed by atoms with Gasteiger partial charge in [0.25, 0.3) is 12.4 Å². The predicted octanol–water partition coefficient (Wildman–Crippen LogP) is 3.66. The molecule has 158 valence electrons. The van der Waals surface area contributed by atoms with Gasteiger partial charge in [0.05, 0.1) is 12.6 Å². The van der Waals surface area contributed by atoms with Gasteiger partial charge in [0, 0.05) is 17.1 Å². The molecule has 2 heterocycles. The van der Waals surface area contributed by atoms with Crippen molar-refractivity contribution in [3.8, 4) is 0 Å². The molecule has 6 heteroatoms. The zero-order valence-corrected chi connectivity index (χ0v) is 17.7. The normalized spacial score (nSPS) is 22.8. The number of likely N-dealkylation sites (tertiary alicyclic amines) is 2. The molecular formula is C24H27ClN2O3. The smallest absolute Gasteiger partial charge is 0.293 e. The Kier molecular flexibility index (Phi) is 6.70. The summed E-state index contributed by atoms with van der Waals surface area (Å²) in [5.74, 6) is 0.620. The van der Waals surface area contributed by atoms with Crippen LogP contribution >= 0.6 is 11.6 Å². The summed E-state index contributed by atoms with van der Waals surface area (Å²) in [6, 6.07) is 17.6. The molecule has 2 atom stereocenters. The minimum atomic E-state index is -0.288. The molecule has 0 spiro atoms. The second-order valence-electron chi connectivity index (χ2n) is 8.22. The molecule has 0 saturated carbocycles. The monoisotopic (exact) mass is 426 g/mol. The van der Waals surface area contributed by atoms with Crippen LogP contribution in [0.25, 0.3) is 0 Å². The summed E-state index contributed by atoms with van der Waals surface area (Å²) < 4.78 is 5.39. The summed E-state index contributed by atoms with van der Waals surface area (Å²) in [7, 11) is 0. The van der Waals surface area contributed by atoms with E-state index in [-0.39, 0.29) is 18.1 Å². The highest BCUT2D eigenvalue weighted by Crippen LogP contribution is 2.28. The van der Waals surface area contributed by atoms with Crippen LogP contribution in [-0.2, 0) is 16.0 Å². The third-order valence-electron chi connectivity index (χ3n) is 6.33. The quantitative estimate of drug-likeness (QED) is 0.661. The van der Waals surface area contributed by atoms with Crippen LogP contribution in [0.1, 0.15) is 28.8 Å². The van der Waals surface area contributed by atoms with Gasteiger partial charge >= 0.3 is 0 Å². The number of halogens is 1. The summed E-state index contributed by atoms with van der Waals surface area (Å²) in [5, 5.41) is 0.603. The van der Waals surface area contributed by atoms with Crippen LogP contribution < -0.4 is 0 Å². The topological polar surface area (TPSA) is 49.9 Å². The molecule has 2 fully saturated rings. The zero-order valence-electron chi connectivity index (χ0n) is 17.0. The molecule has 2 aromatic rings. The first-order chi connectivity index (χ1) is 14.6. The highest BCUT2D eigenvalue weighted by atomic mass is 35.5. The van der Waals surface area contributed by atoms with E-state index in [1.165, 1.54) is 5.56 Å². The molecule has 1 amide bonds. The Morgan fingerprint density at radius 3 is 2.40 bits per heavy atom. The van der Waals surface area contributed by atoms with Crippen LogP contribution in [0.4, 0.5) is 0 Å². The second-order valence-corrected chi connectivity index (χ2v) is 8.66. The highest BCUT2D eigenvalue weighted by Gasteiger charge is 2.41. The average molecular weight is 427 g/mol. The lowest BCUT2D eigenvalue weighted by Crippen LogP contribution is -2.48. The van der Waals surface area contributed by atoms with E-state index < -0.39 is 0 Å². The minimum Gasteiger partial charge on any atom is -0.461 e. The number of rotatable bonds is 6. The first kappa shape index (κ1) is 20.9. The Morgan fingerprint density at radius 1 is 1.03 bits per heavy atom. The Hall–Kier alpha value is -2.37. The summed E-state index contributed by atoms with van der Waals surface area (Å²) >= 11 is 5.94. The SMILES string of the molecule is O=CO[C@H]1CN(C(=O)c2ccc(Cl)cc2)C[C@@H]1N1CCC(Cc2ccccc2)CC1. The molecule has 2 aliphatic heterocycles. The first-order valence-corrected chi connectivity index (χ1v) is 10.9. The lowest BCUT2D eigenvalue weighted by Gasteiger charge is -2.37. The molecule has 0 aromatic heterocycles. The maximum atomic E-state index is 12.9. The van der Waals surface area contributed by atoms with Gasteiger partial charge in [0.2, 0.25) is 0 Å². The van der Waals surface area contributed by atoms with Crippen molar-refractivity contribution in [3.05, 3.63) is 70.7 Å². The number of amides is 1. The van der Waals surface area contributed by atoms with E-state index in [0.29, 0.717) is 36.1 Å². The highest BCUT2D eigenvalue weighted by molar-refractivity contribution is 6.30. The average Bonchev–Trinajstić information content (AvgIpc) is 3.19. The van der Waals surface area contributed by atoms with Crippen molar-refractivity contribution in [3.63, 3.8) is 0 Å². The third kappa shape index (κ3) is 4.85. The molecule has 2 aromatic carbocycles. The molecule has 0 unspecified atom stereocenters. The lowest BCUT2D eigenvalue weighted by atomic mass is 9.89. The standard InChI is InChI=1S/C24H27ClN2O3/c25-21-8-6-20(7-9-21)24(29)27-15-22(23(16-27)30-17-28)26-12-10-19(11-13-26)14-18-4-2-1-3-5-18/h1-9,17,19,22-23H,10-16H2/t22-,23-/m0/s1. The van der Waals surface area contributed by atoms with E-state index >= 15 is 0 Å². The van der Waals surface area contributed by atoms with Gasteiger partial charge in [0.1, 0.15) is 6.10 Å². The van der Waals surface area contributed by atoms with Gasteiger partial charge in [-0.2, -0.15) is 0 Å². The molecule has 5 nitrogen and oxygen atoms in total. The maximum absolute atomic E-state index is 12.9. The van der Waals surface area contributed by atoms with E-state index in [2.05, 4.69) is 35.2 Å². The van der Waals surface area contributed by atoms with E-state index in [1.54, 1.807) is 29.2 Å². The fraction of sp³-hybridized carbons (Fsp3) is 0.417. The molecule has 30 heavy (non-hydrogen) atoms. The molecule has 0 radical (unpaired) electrons. The Morgan fingerprint density at radius 2 is 1.73 bits per heavy atom. The molecule has 4 rings (SSSR count). The van der Waals surface area contributed by atoms with Crippen molar-refractivity contribution in [2.75, 3.05) is 26.2 Å². The summed E-state index contributed by atoms with van der Waals surface area (Å²) in [5.41, 5.74) is 1.99. The predicted molar refractivity (Wildman–Crippen MR) is 117 cm³/mol. The summed E-state index contributed by atoms with van der Waals surface area (Å²) in [4.78, 5) is 28.2. The van der Waals surface area contributed by atoms with Crippen molar-refractivity contribution in [1.82, 2.24) is 9.80 Å². The molecule has 2 saturated heterocycles. The molecular weight excluding hydrogens is 400 g/mol. The number of benzene rings is 2. The number of piperidine rings is 1. The van der Waals surface area contributed by atoms with Crippen molar-refractivity contribution in [1.29, 1.82) is 0 Å². The molecule has 0 bridgehead atoms. The van der Waals surface area contributed by atoms with Crippen molar-refractivity contribution >= 4 is 24.0 Å². The molecule has 0 N–H and O–H groups in total. The Balaban J connectivity index is 1.37. The van der Waals surface area contributed by atoms with Gasteiger partial charge in [-0.15, -0.1) is 0 Å². The van der Waals surface area contributed by atoms with Gasteiger partial charge in [-0.05, 0) is 68.1 Å². The van der Waals surface area contributed by atoms with Crippen molar-refractivity contribution in [2.45, 2.75) is 31.4 Å². The van der Waals surface area contributed by atoms with E-state index in [0.717, 1.165) is 32.4 Å². The Labute approximate surface area is 182 Å². The molecule has 2 aliphatic rings. The number of carbonyl (C=O) groups is 2. The fourth-order valence-corrected chi connectivity index (χ4v) is 4.82. The van der Waals surface area contributed by atoms with Crippen molar-refractivity contribution < 1.29 is 14.3 Å². The van der Waals surface area contributed by atoms with Crippen LogP contribution in [0.5, 0.6) is 0 Å². The maximum Gasteiger partial charge on any atom is 0.293 e. The summed E-state index contributed by atoms with van der Waals surface area (Å²) in [6.07, 6.45) is 3.05. The minimum absolute atomic E-state index is 0.0455. The zero-order chi connectivity index (χ0) is 20.9. The van der Waals surface area contributed by atoms with E-state index in [4.69, 9.17) is 16.3 Å². The van der Waals surface area contributed by atoms with Gasteiger partial charge in [-0.1, -0.05) is 41.9 Å². The van der Waals surface area contributed by atoms with Crippen LogP contribution in [0.15, 0.2) is 54.6 Å². The van der Waals surface area contributed by atoms with Gasteiger partial charge in [-0.25, -0.2) is 0 Å². The third-order valence-corrected chi connectivity index (χ3v) is 6.58. The van der Waals surface area contributed by atoms with Gasteiger partial charge in [0.15, 0.2) is 0 Å². The van der Waals surface area contributed by atoms with Crippen LogP contribution in [0.3, 0.4) is 0 Å². The van der Waals surface area contributed by atoms with E-state index in [9.17, 15) is 9.59 Å². The Bertz CT molecular complexity index is 851. The van der Waals surface area contributed by atoms with Crippen LogP contribution in [0, 0.1) is 5.92 Å². The largest absolute Gasteiger partial charge is 0.461 e.